The van der Waals surface area contributed by atoms with Crippen LogP contribution in [0.4, 0.5) is 4.39 Å². The van der Waals surface area contributed by atoms with Gasteiger partial charge in [-0.25, -0.2) is 4.39 Å². The van der Waals surface area contributed by atoms with Crippen molar-refractivity contribution in [3.63, 3.8) is 0 Å². The third kappa shape index (κ3) is 2.45. The molecule has 1 aromatic rings. The SMILES string of the molecule is CC/C(=C\F)Cn1ccc(C(N)=O)c1. The number of primary amides is 1. The second-order valence-electron chi connectivity index (χ2n) is 3.06. The van der Waals surface area contributed by atoms with Gasteiger partial charge in [-0.05, 0) is 18.1 Å². The van der Waals surface area contributed by atoms with Crippen molar-refractivity contribution in [3.8, 4) is 0 Å². The molecule has 0 fully saturated rings. The molecule has 1 aromatic heterocycles. The van der Waals surface area contributed by atoms with Crippen LogP contribution in [0.3, 0.4) is 0 Å². The number of carbonyl (C=O) groups excluding carboxylic acids is 1. The molecular formula is C10H13FN2O. The largest absolute Gasteiger partial charge is 0.366 e. The summed E-state index contributed by atoms with van der Waals surface area (Å²) in [7, 11) is 0. The van der Waals surface area contributed by atoms with Crippen LogP contribution in [0.15, 0.2) is 30.4 Å². The van der Waals surface area contributed by atoms with Crippen molar-refractivity contribution < 1.29 is 9.18 Å². The van der Waals surface area contributed by atoms with E-state index in [1.807, 2.05) is 6.92 Å². The molecule has 0 radical (unpaired) electrons. The maximum Gasteiger partial charge on any atom is 0.250 e. The van der Waals surface area contributed by atoms with Crippen LogP contribution in [0.1, 0.15) is 23.7 Å². The van der Waals surface area contributed by atoms with E-state index in [1.165, 1.54) is 0 Å². The van der Waals surface area contributed by atoms with E-state index in [9.17, 15) is 9.18 Å². The lowest BCUT2D eigenvalue weighted by Gasteiger charge is -2.03. The maximum atomic E-state index is 12.2. The Bertz CT molecular complexity index is 355. The highest BCUT2D eigenvalue weighted by molar-refractivity contribution is 5.92. The average Bonchev–Trinajstić information content (AvgIpc) is 2.62. The first kappa shape index (κ1) is 10.5. The van der Waals surface area contributed by atoms with E-state index >= 15 is 0 Å². The average molecular weight is 196 g/mol. The van der Waals surface area contributed by atoms with Crippen LogP contribution in [0.2, 0.25) is 0 Å². The predicted octanol–water partition coefficient (Wildman–Crippen LogP) is 1.85. The van der Waals surface area contributed by atoms with Gasteiger partial charge in [0.2, 0.25) is 5.91 Å². The van der Waals surface area contributed by atoms with Gasteiger partial charge in [0.05, 0.1) is 11.9 Å². The number of aromatic nitrogens is 1. The van der Waals surface area contributed by atoms with Gasteiger partial charge in [0.1, 0.15) is 0 Å². The zero-order valence-corrected chi connectivity index (χ0v) is 8.03. The first-order valence-electron chi connectivity index (χ1n) is 4.41. The molecule has 0 aliphatic rings. The van der Waals surface area contributed by atoms with Crippen molar-refractivity contribution in [2.75, 3.05) is 0 Å². The highest BCUT2D eigenvalue weighted by atomic mass is 19.1. The first-order chi connectivity index (χ1) is 6.67. The minimum absolute atomic E-state index is 0.444. The normalized spacial score (nSPS) is 11.7. The summed E-state index contributed by atoms with van der Waals surface area (Å²) >= 11 is 0. The van der Waals surface area contributed by atoms with E-state index < -0.39 is 5.91 Å². The standard InChI is InChI=1S/C10H13FN2O/c1-2-8(5-11)6-13-4-3-9(7-13)10(12)14/h3-5,7H,2,6H2,1H3,(H2,12,14)/b8-5+. The smallest absolute Gasteiger partial charge is 0.250 e. The Morgan fingerprint density at radius 2 is 2.43 bits per heavy atom. The van der Waals surface area contributed by atoms with Crippen LogP contribution in [0.25, 0.3) is 0 Å². The van der Waals surface area contributed by atoms with Crippen LogP contribution in [-0.2, 0) is 6.54 Å². The summed E-state index contributed by atoms with van der Waals surface area (Å²) in [5, 5.41) is 0. The van der Waals surface area contributed by atoms with Crippen molar-refractivity contribution >= 4 is 5.91 Å². The van der Waals surface area contributed by atoms with Gasteiger partial charge in [-0.15, -0.1) is 0 Å². The summed E-state index contributed by atoms with van der Waals surface area (Å²) in [6.45, 7) is 2.34. The highest BCUT2D eigenvalue weighted by Gasteiger charge is 2.03. The maximum absolute atomic E-state index is 12.2. The molecule has 0 aliphatic heterocycles. The van der Waals surface area contributed by atoms with Gasteiger partial charge in [0.15, 0.2) is 0 Å². The molecule has 3 nitrogen and oxygen atoms in total. The minimum atomic E-state index is -0.467. The van der Waals surface area contributed by atoms with Crippen LogP contribution in [0.5, 0.6) is 0 Å². The van der Waals surface area contributed by atoms with Gasteiger partial charge in [0, 0.05) is 18.9 Å². The molecule has 0 aromatic carbocycles. The Kier molecular flexibility index (Phi) is 3.45. The molecule has 4 heteroatoms. The molecule has 1 heterocycles. The lowest BCUT2D eigenvalue weighted by atomic mass is 10.2. The van der Waals surface area contributed by atoms with Crippen LogP contribution < -0.4 is 5.73 Å². The molecule has 2 N–H and O–H groups in total. The van der Waals surface area contributed by atoms with E-state index in [1.54, 1.807) is 23.0 Å². The number of amides is 1. The number of hydrogen-bond acceptors (Lipinski definition) is 1. The first-order valence-corrected chi connectivity index (χ1v) is 4.41. The number of nitrogens with two attached hydrogens (primary N) is 1. The second kappa shape index (κ2) is 4.60. The van der Waals surface area contributed by atoms with Gasteiger partial charge in [-0.2, -0.15) is 0 Å². The number of rotatable bonds is 4. The molecule has 0 bridgehead atoms. The molecule has 1 rings (SSSR count). The molecule has 1 amide bonds. The molecule has 0 spiro atoms. The van der Waals surface area contributed by atoms with E-state index in [2.05, 4.69) is 0 Å². The van der Waals surface area contributed by atoms with Gasteiger partial charge in [-0.3, -0.25) is 4.79 Å². The molecule has 76 valence electrons. The van der Waals surface area contributed by atoms with E-state index in [0.717, 1.165) is 0 Å². The fourth-order valence-electron chi connectivity index (χ4n) is 1.14. The number of hydrogen-bond donors (Lipinski definition) is 1. The Balaban J connectivity index is 2.73. The number of nitrogens with zero attached hydrogens (tertiary/aromatic N) is 1. The van der Waals surface area contributed by atoms with Crippen molar-refractivity contribution in [1.82, 2.24) is 4.57 Å². The molecular weight excluding hydrogens is 183 g/mol. The van der Waals surface area contributed by atoms with E-state index in [-0.39, 0.29) is 0 Å². The Hall–Kier alpha value is -1.58. The number of carbonyl (C=O) groups is 1. The van der Waals surface area contributed by atoms with Crippen molar-refractivity contribution in [3.05, 3.63) is 35.9 Å². The summed E-state index contributed by atoms with van der Waals surface area (Å²) in [5.74, 6) is -0.467. The predicted molar refractivity (Wildman–Crippen MR) is 52.4 cm³/mol. The van der Waals surface area contributed by atoms with Crippen LogP contribution in [0, 0.1) is 0 Å². The van der Waals surface area contributed by atoms with Gasteiger partial charge < -0.3 is 10.3 Å². The molecule has 0 saturated carbocycles. The molecule has 0 atom stereocenters. The fourth-order valence-corrected chi connectivity index (χ4v) is 1.14. The molecule has 0 saturated heterocycles. The summed E-state index contributed by atoms with van der Waals surface area (Å²) in [4.78, 5) is 10.8. The number of halogens is 1. The second-order valence-corrected chi connectivity index (χ2v) is 3.06. The summed E-state index contributed by atoms with van der Waals surface area (Å²) in [6, 6.07) is 1.62. The third-order valence-electron chi connectivity index (χ3n) is 2.03. The number of allylic oxidation sites excluding steroid dienone is 1. The van der Waals surface area contributed by atoms with E-state index in [4.69, 9.17) is 5.73 Å². The Morgan fingerprint density at radius 1 is 1.71 bits per heavy atom. The molecule has 0 aliphatic carbocycles. The van der Waals surface area contributed by atoms with Gasteiger partial charge in [0.25, 0.3) is 0 Å². The van der Waals surface area contributed by atoms with E-state index in [0.29, 0.717) is 30.4 Å². The summed E-state index contributed by atoms with van der Waals surface area (Å²) in [5.41, 5.74) is 6.20. The van der Waals surface area contributed by atoms with Crippen LogP contribution >= 0.6 is 0 Å². The quantitative estimate of drug-likeness (QED) is 0.784. The lowest BCUT2D eigenvalue weighted by molar-refractivity contribution is 0.100. The monoisotopic (exact) mass is 196 g/mol. The molecule has 0 unspecified atom stereocenters. The van der Waals surface area contributed by atoms with Gasteiger partial charge >= 0.3 is 0 Å². The molecule has 14 heavy (non-hydrogen) atoms. The van der Waals surface area contributed by atoms with Gasteiger partial charge in [-0.1, -0.05) is 6.92 Å². The highest BCUT2D eigenvalue weighted by Crippen LogP contribution is 2.07. The summed E-state index contributed by atoms with van der Waals surface area (Å²) < 4.78 is 14.0. The van der Waals surface area contributed by atoms with Crippen LogP contribution in [-0.4, -0.2) is 10.5 Å². The van der Waals surface area contributed by atoms with Crippen molar-refractivity contribution in [1.29, 1.82) is 0 Å². The zero-order chi connectivity index (χ0) is 10.6. The Morgan fingerprint density at radius 3 is 2.86 bits per heavy atom. The fraction of sp³-hybridized carbons (Fsp3) is 0.300. The Labute approximate surface area is 82.0 Å². The minimum Gasteiger partial charge on any atom is -0.366 e. The van der Waals surface area contributed by atoms with Crippen molar-refractivity contribution in [2.24, 2.45) is 5.73 Å². The lowest BCUT2D eigenvalue weighted by Crippen LogP contribution is -2.09. The zero-order valence-electron chi connectivity index (χ0n) is 8.03. The summed E-state index contributed by atoms with van der Waals surface area (Å²) in [6.07, 6.45) is 4.57. The third-order valence-corrected chi connectivity index (χ3v) is 2.03. The topological polar surface area (TPSA) is 48.0 Å². The van der Waals surface area contributed by atoms with Crippen molar-refractivity contribution in [2.45, 2.75) is 19.9 Å².